The molecule has 7 heteroatoms. The third-order valence-electron chi connectivity index (χ3n) is 3.60. The molecule has 0 radical (unpaired) electrons. The smallest absolute Gasteiger partial charge is 0.254 e. The van der Waals surface area contributed by atoms with Crippen LogP contribution in [0.3, 0.4) is 0 Å². The Morgan fingerprint density at radius 1 is 1.57 bits per heavy atom. The van der Waals surface area contributed by atoms with E-state index in [1.165, 1.54) is 0 Å². The number of aromatic nitrogens is 3. The van der Waals surface area contributed by atoms with Crippen LogP contribution < -0.4 is 0 Å². The number of amides is 1. The molecule has 1 saturated heterocycles. The molecule has 3 heterocycles. The first-order valence-corrected chi connectivity index (χ1v) is 8.02. The molecule has 1 aliphatic heterocycles. The van der Waals surface area contributed by atoms with Crippen LogP contribution in [0.1, 0.15) is 35.4 Å². The van der Waals surface area contributed by atoms with Gasteiger partial charge in [0.2, 0.25) is 0 Å². The molecule has 6 nitrogen and oxygen atoms in total. The van der Waals surface area contributed by atoms with Gasteiger partial charge in [-0.15, -0.1) is 5.10 Å². The molecule has 0 aromatic carbocycles. The van der Waals surface area contributed by atoms with Crippen LogP contribution in [-0.2, 0) is 11.3 Å². The van der Waals surface area contributed by atoms with Crippen LogP contribution in [0.2, 0.25) is 0 Å². The Hall–Kier alpha value is -1.73. The molecule has 1 amide bonds. The van der Waals surface area contributed by atoms with Crippen molar-refractivity contribution in [1.29, 1.82) is 0 Å². The van der Waals surface area contributed by atoms with Gasteiger partial charge in [-0.25, -0.2) is 4.68 Å². The molecular formula is C14H18N4O2S. The summed E-state index contributed by atoms with van der Waals surface area (Å²) < 4.78 is 7.18. The molecule has 0 bridgehead atoms. The first-order chi connectivity index (χ1) is 10.3. The SMILES string of the molecule is CCOCc1cn(C2CCN(C(=O)c3ccsc3)C2)nn1. The van der Waals surface area contributed by atoms with Gasteiger partial charge in [0.15, 0.2) is 0 Å². The fraction of sp³-hybridized carbons (Fsp3) is 0.500. The molecule has 1 fully saturated rings. The van der Waals surface area contributed by atoms with Gasteiger partial charge in [0, 0.05) is 25.1 Å². The highest BCUT2D eigenvalue weighted by Crippen LogP contribution is 2.23. The molecule has 2 aromatic heterocycles. The fourth-order valence-corrected chi connectivity index (χ4v) is 3.11. The van der Waals surface area contributed by atoms with Crippen molar-refractivity contribution >= 4 is 17.2 Å². The maximum atomic E-state index is 12.3. The molecule has 112 valence electrons. The summed E-state index contributed by atoms with van der Waals surface area (Å²) in [6.45, 7) is 4.56. The van der Waals surface area contributed by atoms with E-state index in [1.807, 2.05) is 39.5 Å². The number of likely N-dealkylation sites (tertiary alicyclic amines) is 1. The Morgan fingerprint density at radius 3 is 3.24 bits per heavy atom. The van der Waals surface area contributed by atoms with Crippen LogP contribution in [0.15, 0.2) is 23.0 Å². The number of nitrogens with zero attached hydrogens (tertiary/aromatic N) is 4. The van der Waals surface area contributed by atoms with Crippen LogP contribution in [0.5, 0.6) is 0 Å². The number of thiophene rings is 1. The summed E-state index contributed by atoms with van der Waals surface area (Å²) in [7, 11) is 0. The fourth-order valence-electron chi connectivity index (χ4n) is 2.48. The predicted molar refractivity (Wildman–Crippen MR) is 79.2 cm³/mol. The second-order valence-electron chi connectivity index (χ2n) is 5.03. The van der Waals surface area contributed by atoms with E-state index in [4.69, 9.17) is 4.74 Å². The van der Waals surface area contributed by atoms with Crippen molar-refractivity contribution in [2.24, 2.45) is 0 Å². The summed E-state index contributed by atoms with van der Waals surface area (Å²) in [5, 5.41) is 12.1. The first kappa shape index (κ1) is 14.2. The number of hydrogen-bond donors (Lipinski definition) is 0. The summed E-state index contributed by atoms with van der Waals surface area (Å²) in [6, 6.07) is 2.08. The maximum Gasteiger partial charge on any atom is 0.254 e. The van der Waals surface area contributed by atoms with E-state index >= 15 is 0 Å². The van der Waals surface area contributed by atoms with Crippen molar-refractivity contribution in [3.8, 4) is 0 Å². The highest BCUT2D eigenvalue weighted by atomic mass is 32.1. The Kier molecular flexibility index (Phi) is 4.31. The van der Waals surface area contributed by atoms with Gasteiger partial charge in [-0.05, 0) is 24.8 Å². The summed E-state index contributed by atoms with van der Waals surface area (Å²) in [6.07, 6.45) is 2.83. The molecule has 0 aliphatic carbocycles. The van der Waals surface area contributed by atoms with Crippen LogP contribution >= 0.6 is 11.3 Å². The van der Waals surface area contributed by atoms with Crippen molar-refractivity contribution in [2.45, 2.75) is 26.0 Å². The van der Waals surface area contributed by atoms with E-state index < -0.39 is 0 Å². The molecule has 1 unspecified atom stereocenters. The molecule has 2 aromatic rings. The number of carbonyl (C=O) groups excluding carboxylic acids is 1. The zero-order valence-corrected chi connectivity index (χ0v) is 12.8. The zero-order valence-electron chi connectivity index (χ0n) is 11.9. The lowest BCUT2D eigenvalue weighted by atomic mass is 10.3. The van der Waals surface area contributed by atoms with E-state index in [0.717, 1.165) is 24.2 Å². The average molecular weight is 306 g/mol. The Bertz CT molecular complexity index is 596. The van der Waals surface area contributed by atoms with E-state index in [1.54, 1.807) is 11.3 Å². The van der Waals surface area contributed by atoms with Gasteiger partial charge >= 0.3 is 0 Å². The number of ether oxygens (including phenoxy) is 1. The summed E-state index contributed by atoms with van der Waals surface area (Å²) in [5.74, 6) is 0.105. The predicted octanol–water partition coefficient (Wildman–Crippen LogP) is 1.96. The van der Waals surface area contributed by atoms with Gasteiger partial charge in [-0.3, -0.25) is 4.79 Å². The Labute approximate surface area is 127 Å². The minimum absolute atomic E-state index is 0.105. The summed E-state index contributed by atoms with van der Waals surface area (Å²) in [5.41, 5.74) is 1.61. The van der Waals surface area contributed by atoms with Gasteiger partial charge < -0.3 is 9.64 Å². The lowest BCUT2D eigenvalue weighted by molar-refractivity contribution is 0.0787. The third kappa shape index (κ3) is 3.14. The maximum absolute atomic E-state index is 12.3. The molecular weight excluding hydrogens is 288 g/mol. The highest BCUT2D eigenvalue weighted by Gasteiger charge is 2.28. The highest BCUT2D eigenvalue weighted by molar-refractivity contribution is 7.08. The third-order valence-corrected chi connectivity index (χ3v) is 4.29. The quantitative estimate of drug-likeness (QED) is 0.847. The van der Waals surface area contributed by atoms with Gasteiger partial charge in [-0.2, -0.15) is 11.3 Å². The molecule has 0 saturated carbocycles. The number of carbonyl (C=O) groups is 1. The van der Waals surface area contributed by atoms with Crippen LogP contribution in [0.25, 0.3) is 0 Å². The second-order valence-corrected chi connectivity index (χ2v) is 5.81. The van der Waals surface area contributed by atoms with Gasteiger partial charge in [0.05, 0.1) is 24.4 Å². The van der Waals surface area contributed by atoms with Crippen LogP contribution in [0.4, 0.5) is 0 Å². The van der Waals surface area contributed by atoms with Crippen molar-refractivity contribution in [1.82, 2.24) is 19.9 Å². The number of rotatable bonds is 5. The monoisotopic (exact) mass is 306 g/mol. The lowest BCUT2D eigenvalue weighted by Crippen LogP contribution is -2.28. The minimum Gasteiger partial charge on any atom is -0.375 e. The molecule has 21 heavy (non-hydrogen) atoms. The molecule has 0 N–H and O–H groups in total. The van der Waals surface area contributed by atoms with Crippen LogP contribution in [0, 0.1) is 0 Å². The minimum atomic E-state index is 0.105. The Balaban J connectivity index is 1.61. The number of hydrogen-bond acceptors (Lipinski definition) is 5. The van der Waals surface area contributed by atoms with Gasteiger partial charge in [0.1, 0.15) is 5.69 Å². The van der Waals surface area contributed by atoms with E-state index in [0.29, 0.717) is 19.8 Å². The second kappa shape index (κ2) is 6.36. The van der Waals surface area contributed by atoms with Gasteiger partial charge in [-0.1, -0.05) is 5.21 Å². The van der Waals surface area contributed by atoms with Gasteiger partial charge in [0.25, 0.3) is 5.91 Å². The topological polar surface area (TPSA) is 60.2 Å². The summed E-state index contributed by atoms with van der Waals surface area (Å²) in [4.78, 5) is 14.2. The van der Waals surface area contributed by atoms with E-state index in [2.05, 4.69) is 10.3 Å². The van der Waals surface area contributed by atoms with E-state index in [-0.39, 0.29) is 11.9 Å². The standard InChI is InChI=1S/C14H18N4O2S/c1-2-20-9-12-7-18(16-15-12)13-3-5-17(8-13)14(19)11-4-6-21-10-11/h4,6-7,10,13H,2-3,5,8-9H2,1H3. The normalized spacial score (nSPS) is 18.3. The largest absolute Gasteiger partial charge is 0.375 e. The van der Waals surface area contributed by atoms with Crippen molar-refractivity contribution in [2.75, 3.05) is 19.7 Å². The summed E-state index contributed by atoms with van der Waals surface area (Å²) >= 11 is 1.55. The molecule has 3 rings (SSSR count). The lowest BCUT2D eigenvalue weighted by Gasteiger charge is -2.15. The first-order valence-electron chi connectivity index (χ1n) is 7.08. The Morgan fingerprint density at radius 2 is 2.48 bits per heavy atom. The molecule has 0 spiro atoms. The average Bonchev–Trinajstić information content (AvgIpc) is 3.24. The van der Waals surface area contributed by atoms with Crippen LogP contribution in [-0.4, -0.2) is 45.5 Å². The zero-order chi connectivity index (χ0) is 14.7. The van der Waals surface area contributed by atoms with Crippen molar-refractivity contribution in [3.63, 3.8) is 0 Å². The molecule has 1 aliphatic rings. The van der Waals surface area contributed by atoms with E-state index in [9.17, 15) is 4.79 Å². The van der Waals surface area contributed by atoms with Crippen molar-refractivity contribution < 1.29 is 9.53 Å². The van der Waals surface area contributed by atoms with Crippen molar-refractivity contribution in [3.05, 3.63) is 34.3 Å². The molecule has 1 atom stereocenters.